The van der Waals surface area contributed by atoms with E-state index in [9.17, 15) is 0 Å². The van der Waals surface area contributed by atoms with Gasteiger partial charge in [0.25, 0.3) is 0 Å². The first-order valence-corrected chi connectivity index (χ1v) is 6.76. The highest BCUT2D eigenvalue weighted by Gasteiger charge is 2.18. The Hall–Kier alpha value is -1.47. The molecule has 0 bridgehead atoms. The third-order valence-electron chi connectivity index (χ3n) is 3.34. The highest BCUT2D eigenvalue weighted by Crippen LogP contribution is 2.37. The van der Waals surface area contributed by atoms with Crippen molar-refractivity contribution in [3.63, 3.8) is 0 Å². The van der Waals surface area contributed by atoms with Gasteiger partial charge in [0, 0.05) is 0 Å². The van der Waals surface area contributed by atoms with Crippen LogP contribution in [0.1, 0.15) is 29.3 Å². The molecular weight excluding hydrogens is 244 g/mol. The van der Waals surface area contributed by atoms with Crippen LogP contribution in [0, 0.1) is 0 Å². The largest absolute Gasteiger partial charge is 0.457 e. The molecule has 0 N–H and O–H groups in total. The highest BCUT2D eigenvalue weighted by molar-refractivity contribution is 6.21. The maximum absolute atomic E-state index is 6.37. The molecule has 0 heterocycles. The summed E-state index contributed by atoms with van der Waals surface area (Å²) in [4.78, 5) is 0. The molecule has 92 valence electrons. The number of aryl methyl sites for hydroxylation is 1. The van der Waals surface area contributed by atoms with Crippen LogP contribution >= 0.6 is 11.6 Å². The third-order valence-corrected chi connectivity index (χ3v) is 3.79. The van der Waals surface area contributed by atoms with Gasteiger partial charge in [-0.15, -0.1) is 11.6 Å². The second kappa shape index (κ2) is 5.03. The number of ether oxygens (including phenoxy) is 1. The molecule has 1 unspecified atom stereocenters. The summed E-state index contributed by atoms with van der Waals surface area (Å²) in [5.74, 6) is 1.73. The van der Waals surface area contributed by atoms with Crippen molar-refractivity contribution < 1.29 is 4.74 Å². The Kier molecular flexibility index (Phi) is 3.24. The Balaban J connectivity index is 1.88. The summed E-state index contributed by atoms with van der Waals surface area (Å²) >= 11 is 6.37. The lowest BCUT2D eigenvalue weighted by molar-refractivity contribution is 0.480. The van der Waals surface area contributed by atoms with Gasteiger partial charge >= 0.3 is 0 Å². The predicted octanol–water partition coefficient (Wildman–Crippen LogP) is 5.10. The first-order chi connectivity index (χ1) is 8.83. The zero-order valence-corrected chi connectivity index (χ0v) is 10.9. The molecular formula is C16H15ClO. The van der Waals surface area contributed by atoms with E-state index in [1.165, 1.54) is 17.5 Å². The first-order valence-electron chi connectivity index (χ1n) is 6.33. The Labute approximate surface area is 112 Å². The van der Waals surface area contributed by atoms with Gasteiger partial charge in [-0.05, 0) is 54.7 Å². The summed E-state index contributed by atoms with van der Waals surface area (Å²) in [6.45, 7) is 0. The lowest BCUT2D eigenvalue weighted by Crippen LogP contribution is -2.05. The molecule has 2 aromatic rings. The average molecular weight is 259 g/mol. The van der Waals surface area contributed by atoms with Crippen LogP contribution in [0.3, 0.4) is 0 Å². The molecule has 3 rings (SSSR count). The molecule has 0 fully saturated rings. The molecule has 0 radical (unpaired) electrons. The quantitative estimate of drug-likeness (QED) is 0.682. The molecule has 0 amide bonds. The van der Waals surface area contributed by atoms with Crippen molar-refractivity contribution in [3.05, 3.63) is 59.7 Å². The lowest BCUT2D eigenvalue weighted by atomic mass is 9.91. The molecule has 2 aromatic carbocycles. The fraction of sp³-hybridized carbons (Fsp3) is 0.250. The topological polar surface area (TPSA) is 9.23 Å². The molecule has 0 aromatic heterocycles. The molecule has 2 heteroatoms. The van der Waals surface area contributed by atoms with Gasteiger partial charge in [0.2, 0.25) is 0 Å². The van der Waals surface area contributed by atoms with E-state index < -0.39 is 0 Å². The molecule has 1 atom stereocenters. The van der Waals surface area contributed by atoms with Crippen molar-refractivity contribution in [1.82, 2.24) is 0 Å². The molecule has 1 aliphatic carbocycles. The van der Waals surface area contributed by atoms with E-state index >= 15 is 0 Å². The van der Waals surface area contributed by atoms with Gasteiger partial charge in [-0.1, -0.05) is 24.3 Å². The number of benzene rings is 2. The molecule has 0 saturated carbocycles. The summed E-state index contributed by atoms with van der Waals surface area (Å²) in [7, 11) is 0. The van der Waals surface area contributed by atoms with Gasteiger partial charge in [0.15, 0.2) is 0 Å². The first kappa shape index (κ1) is 11.6. The highest BCUT2D eigenvalue weighted by atomic mass is 35.5. The van der Waals surface area contributed by atoms with Crippen molar-refractivity contribution in [2.24, 2.45) is 0 Å². The second-order valence-electron chi connectivity index (χ2n) is 4.64. The standard InChI is InChI=1S/C16H15ClO/c17-16-8-4-5-12-9-10-14(11-15(12)16)18-13-6-2-1-3-7-13/h1-3,6-7,9-11,16H,4-5,8H2. The second-order valence-corrected chi connectivity index (χ2v) is 5.16. The minimum absolute atomic E-state index is 0.132. The molecule has 0 aliphatic heterocycles. The zero-order valence-electron chi connectivity index (χ0n) is 10.1. The van der Waals surface area contributed by atoms with E-state index in [0.29, 0.717) is 0 Å². The van der Waals surface area contributed by atoms with Crippen LogP contribution in [0.2, 0.25) is 0 Å². The van der Waals surface area contributed by atoms with Crippen LogP contribution in [0.25, 0.3) is 0 Å². The molecule has 0 saturated heterocycles. The maximum Gasteiger partial charge on any atom is 0.127 e. The number of fused-ring (bicyclic) bond motifs is 1. The summed E-state index contributed by atoms with van der Waals surface area (Å²) in [5, 5.41) is 0.132. The summed E-state index contributed by atoms with van der Waals surface area (Å²) in [5.41, 5.74) is 2.60. The summed E-state index contributed by atoms with van der Waals surface area (Å²) in [6.07, 6.45) is 3.37. The minimum Gasteiger partial charge on any atom is -0.457 e. The predicted molar refractivity (Wildman–Crippen MR) is 74.5 cm³/mol. The van der Waals surface area contributed by atoms with Crippen molar-refractivity contribution in [2.45, 2.75) is 24.6 Å². The van der Waals surface area contributed by atoms with E-state index in [1.54, 1.807) is 0 Å². The zero-order chi connectivity index (χ0) is 12.4. The summed E-state index contributed by atoms with van der Waals surface area (Å²) < 4.78 is 5.83. The van der Waals surface area contributed by atoms with E-state index in [0.717, 1.165) is 24.3 Å². The normalized spacial score (nSPS) is 18.2. The van der Waals surface area contributed by atoms with Crippen molar-refractivity contribution >= 4 is 11.6 Å². The Morgan fingerprint density at radius 2 is 1.83 bits per heavy atom. The fourth-order valence-corrected chi connectivity index (χ4v) is 2.77. The van der Waals surface area contributed by atoms with Crippen molar-refractivity contribution in [3.8, 4) is 11.5 Å². The van der Waals surface area contributed by atoms with E-state index in [2.05, 4.69) is 12.1 Å². The van der Waals surface area contributed by atoms with Crippen LogP contribution in [0.4, 0.5) is 0 Å². The molecule has 1 nitrogen and oxygen atoms in total. The number of halogens is 1. The Bertz CT molecular complexity index is 536. The Morgan fingerprint density at radius 1 is 1.00 bits per heavy atom. The third kappa shape index (κ3) is 2.37. The van der Waals surface area contributed by atoms with E-state index in [1.807, 2.05) is 36.4 Å². The number of rotatable bonds is 2. The van der Waals surface area contributed by atoms with E-state index in [-0.39, 0.29) is 5.38 Å². The fourth-order valence-electron chi connectivity index (χ4n) is 2.41. The summed E-state index contributed by atoms with van der Waals surface area (Å²) in [6, 6.07) is 16.1. The average Bonchev–Trinajstić information content (AvgIpc) is 2.41. The van der Waals surface area contributed by atoms with Gasteiger partial charge in [0.05, 0.1) is 5.38 Å². The van der Waals surface area contributed by atoms with Crippen LogP contribution in [-0.4, -0.2) is 0 Å². The lowest BCUT2D eigenvalue weighted by Gasteiger charge is -2.21. The SMILES string of the molecule is ClC1CCCc2ccc(Oc3ccccc3)cc21. The van der Waals surface area contributed by atoms with Gasteiger partial charge in [-0.2, -0.15) is 0 Å². The van der Waals surface area contributed by atoms with Crippen LogP contribution in [0.15, 0.2) is 48.5 Å². The van der Waals surface area contributed by atoms with Gasteiger partial charge < -0.3 is 4.74 Å². The van der Waals surface area contributed by atoms with Gasteiger partial charge in [0.1, 0.15) is 11.5 Å². The minimum atomic E-state index is 0.132. The Morgan fingerprint density at radius 3 is 2.67 bits per heavy atom. The molecule has 18 heavy (non-hydrogen) atoms. The van der Waals surface area contributed by atoms with Crippen molar-refractivity contribution in [2.75, 3.05) is 0 Å². The molecule has 1 aliphatic rings. The molecule has 0 spiro atoms. The number of para-hydroxylation sites is 1. The number of hydrogen-bond acceptors (Lipinski definition) is 1. The van der Waals surface area contributed by atoms with E-state index in [4.69, 9.17) is 16.3 Å². The van der Waals surface area contributed by atoms with Gasteiger partial charge in [-0.25, -0.2) is 0 Å². The van der Waals surface area contributed by atoms with Crippen molar-refractivity contribution in [1.29, 1.82) is 0 Å². The van der Waals surface area contributed by atoms with Crippen LogP contribution < -0.4 is 4.74 Å². The smallest absolute Gasteiger partial charge is 0.127 e. The number of alkyl halides is 1. The van der Waals surface area contributed by atoms with Crippen LogP contribution in [-0.2, 0) is 6.42 Å². The maximum atomic E-state index is 6.37. The monoisotopic (exact) mass is 258 g/mol. The van der Waals surface area contributed by atoms with Crippen LogP contribution in [0.5, 0.6) is 11.5 Å². The van der Waals surface area contributed by atoms with Gasteiger partial charge in [-0.3, -0.25) is 0 Å². The number of hydrogen-bond donors (Lipinski definition) is 0.